The highest BCUT2D eigenvalue weighted by atomic mass is 16.7. The van der Waals surface area contributed by atoms with E-state index in [4.69, 9.17) is 19.4 Å². The standard InChI is InChI=1S/C27H44O3.C2H4O2/c1-16-7-12-27(29-15-16)17(2)24-23(30-27)14-22-20-6-5-18-13-19(28)8-10-25(18,3)21(20)9-11-26(22,24)4;1-2(3)4/h16-24,28H,5-15H2,1-4H3;1H3,(H,3,4)/p-1/t16-,17+,18+,19+,20-,21+,22+,23+,24+,25+,26+,27-;/m1./s1. The van der Waals surface area contributed by atoms with E-state index in [-0.39, 0.29) is 11.9 Å². The van der Waals surface area contributed by atoms with Crippen molar-refractivity contribution >= 4 is 5.97 Å². The molecule has 2 heterocycles. The van der Waals surface area contributed by atoms with Gasteiger partial charge in [0.25, 0.3) is 0 Å². The van der Waals surface area contributed by atoms with Gasteiger partial charge < -0.3 is 24.5 Å². The lowest BCUT2D eigenvalue weighted by atomic mass is 9.44. The molecule has 1 N–H and O–H groups in total. The van der Waals surface area contributed by atoms with Gasteiger partial charge in [-0.1, -0.05) is 27.7 Å². The number of aliphatic hydroxyl groups is 1. The van der Waals surface area contributed by atoms with Gasteiger partial charge in [0.2, 0.25) is 0 Å². The van der Waals surface area contributed by atoms with Gasteiger partial charge in [0, 0.05) is 18.3 Å². The molecule has 0 amide bonds. The van der Waals surface area contributed by atoms with Crippen LogP contribution in [0.2, 0.25) is 0 Å². The van der Waals surface area contributed by atoms with Crippen LogP contribution in [-0.2, 0) is 14.3 Å². The minimum Gasteiger partial charge on any atom is -0.550 e. The number of aliphatic carboxylic acids is 1. The molecule has 6 rings (SSSR count). The van der Waals surface area contributed by atoms with E-state index in [0.717, 1.165) is 56.5 Å². The highest BCUT2D eigenvalue weighted by Gasteiger charge is 2.69. The fourth-order valence-electron chi connectivity index (χ4n) is 10.3. The summed E-state index contributed by atoms with van der Waals surface area (Å²) in [6, 6.07) is 0. The summed E-state index contributed by atoms with van der Waals surface area (Å²) in [5.41, 5.74) is 0.899. The second-order valence-electron chi connectivity index (χ2n) is 13.6. The molecule has 5 nitrogen and oxygen atoms in total. The lowest BCUT2D eigenvalue weighted by molar-refractivity contribution is -0.302. The quantitative estimate of drug-likeness (QED) is 0.556. The normalized spacial score (nSPS) is 55.9. The molecular weight excluding hydrogens is 428 g/mol. The lowest BCUT2D eigenvalue weighted by Crippen LogP contribution is -2.55. The molecule has 12 atom stereocenters. The Kier molecular flexibility index (Phi) is 6.42. The molecule has 5 heteroatoms. The monoisotopic (exact) mass is 475 g/mol. The summed E-state index contributed by atoms with van der Waals surface area (Å²) in [4.78, 5) is 8.89. The van der Waals surface area contributed by atoms with Crippen molar-refractivity contribution < 1.29 is 24.5 Å². The predicted molar refractivity (Wildman–Crippen MR) is 128 cm³/mol. The van der Waals surface area contributed by atoms with Gasteiger partial charge >= 0.3 is 0 Å². The van der Waals surface area contributed by atoms with Crippen molar-refractivity contribution in [2.24, 2.45) is 52.3 Å². The van der Waals surface area contributed by atoms with Gasteiger partial charge in [-0.2, -0.15) is 0 Å². The van der Waals surface area contributed by atoms with E-state index in [0.29, 0.717) is 34.7 Å². The molecule has 0 aromatic heterocycles. The molecule has 1 spiro atoms. The van der Waals surface area contributed by atoms with E-state index in [9.17, 15) is 5.11 Å². The van der Waals surface area contributed by atoms with Crippen molar-refractivity contribution in [3.05, 3.63) is 0 Å². The first kappa shape index (κ1) is 25.0. The summed E-state index contributed by atoms with van der Waals surface area (Å²) in [6.07, 6.45) is 12.9. The van der Waals surface area contributed by atoms with Crippen LogP contribution in [-0.4, -0.2) is 35.7 Å². The van der Waals surface area contributed by atoms with Crippen LogP contribution < -0.4 is 5.11 Å². The highest BCUT2D eigenvalue weighted by molar-refractivity contribution is 5.60. The van der Waals surface area contributed by atoms with Crippen LogP contribution in [0.5, 0.6) is 0 Å². The number of aliphatic hydroxyl groups excluding tert-OH is 1. The second-order valence-corrected chi connectivity index (χ2v) is 13.6. The number of fused-ring (bicyclic) bond motifs is 7. The van der Waals surface area contributed by atoms with Crippen molar-refractivity contribution in [3.63, 3.8) is 0 Å². The maximum absolute atomic E-state index is 10.3. The van der Waals surface area contributed by atoms with Crippen molar-refractivity contribution in [1.29, 1.82) is 0 Å². The Bertz CT molecular complexity index is 770. The number of hydrogen-bond acceptors (Lipinski definition) is 5. The summed E-state index contributed by atoms with van der Waals surface area (Å²) < 4.78 is 13.4. The third kappa shape index (κ3) is 3.78. The molecule has 0 radical (unpaired) electrons. The number of carbonyl (C=O) groups is 1. The van der Waals surface area contributed by atoms with Gasteiger partial charge in [-0.25, -0.2) is 0 Å². The van der Waals surface area contributed by atoms with Gasteiger partial charge in [-0.05, 0) is 111 Å². The van der Waals surface area contributed by atoms with E-state index in [1.54, 1.807) is 0 Å². The topological polar surface area (TPSA) is 78.8 Å². The zero-order valence-corrected chi connectivity index (χ0v) is 22.1. The summed E-state index contributed by atoms with van der Waals surface area (Å²) in [5.74, 6) is 3.85. The van der Waals surface area contributed by atoms with Crippen LogP contribution in [0, 0.1) is 52.3 Å². The zero-order chi connectivity index (χ0) is 24.5. The molecule has 194 valence electrons. The fourth-order valence-corrected chi connectivity index (χ4v) is 10.3. The summed E-state index contributed by atoms with van der Waals surface area (Å²) in [7, 11) is 0. The molecule has 2 saturated heterocycles. The fraction of sp³-hybridized carbons (Fsp3) is 0.966. The van der Waals surface area contributed by atoms with Crippen LogP contribution in [0.4, 0.5) is 0 Å². The van der Waals surface area contributed by atoms with Gasteiger partial charge in [0.15, 0.2) is 5.79 Å². The molecule has 6 aliphatic rings. The smallest absolute Gasteiger partial charge is 0.171 e. The van der Waals surface area contributed by atoms with E-state index in [1.165, 1.54) is 44.9 Å². The molecule has 0 aromatic carbocycles. The van der Waals surface area contributed by atoms with Crippen molar-refractivity contribution in [2.45, 2.75) is 117 Å². The number of carboxylic acid groups (broad SMARTS) is 1. The summed E-state index contributed by atoms with van der Waals surface area (Å²) in [6.45, 7) is 11.9. The molecule has 0 unspecified atom stereocenters. The first-order valence-electron chi connectivity index (χ1n) is 14.2. The Labute approximate surface area is 206 Å². The van der Waals surface area contributed by atoms with Crippen molar-refractivity contribution in [3.8, 4) is 0 Å². The third-order valence-electron chi connectivity index (χ3n) is 11.9. The molecule has 4 aliphatic carbocycles. The Hall–Kier alpha value is -0.650. The van der Waals surface area contributed by atoms with Gasteiger partial charge in [0.05, 0.1) is 18.8 Å². The zero-order valence-electron chi connectivity index (χ0n) is 22.1. The van der Waals surface area contributed by atoms with Crippen LogP contribution in [0.1, 0.15) is 98.8 Å². The molecule has 4 saturated carbocycles. The lowest BCUT2D eigenvalue weighted by Gasteiger charge is -2.61. The third-order valence-corrected chi connectivity index (χ3v) is 11.9. The van der Waals surface area contributed by atoms with E-state index in [2.05, 4.69) is 27.7 Å². The van der Waals surface area contributed by atoms with Crippen LogP contribution in [0.15, 0.2) is 0 Å². The maximum atomic E-state index is 10.3. The van der Waals surface area contributed by atoms with E-state index >= 15 is 0 Å². The van der Waals surface area contributed by atoms with Crippen LogP contribution >= 0.6 is 0 Å². The predicted octanol–water partition coefficient (Wildman–Crippen LogP) is 4.55. The average Bonchev–Trinajstić information content (AvgIpc) is 3.21. The molecular formula is C29H47O5-. The Morgan fingerprint density at radius 3 is 2.32 bits per heavy atom. The molecule has 0 aromatic rings. The highest BCUT2D eigenvalue weighted by Crippen LogP contribution is 2.71. The average molecular weight is 476 g/mol. The maximum Gasteiger partial charge on any atom is 0.171 e. The number of rotatable bonds is 0. The Morgan fingerprint density at radius 1 is 0.941 bits per heavy atom. The van der Waals surface area contributed by atoms with E-state index in [1.807, 2.05) is 0 Å². The first-order valence-corrected chi connectivity index (χ1v) is 14.2. The molecule has 0 bridgehead atoms. The minimum absolute atomic E-state index is 0.0389. The van der Waals surface area contributed by atoms with Crippen LogP contribution in [0.25, 0.3) is 0 Å². The largest absolute Gasteiger partial charge is 0.550 e. The SMILES string of the molecule is CC(=O)[O-].C[C@@H]1CC[C@@]2(OC1)O[C@H]1C[C@H]3[C@@H]4CC[C@H]5C[C@@H](O)CC[C@]5(C)[C@H]4CC[C@]3(C)[C@H]1[C@@H]2C. The number of hydrogen-bond donors (Lipinski definition) is 1. The number of ether oxygens (including phenoxy) is 2. The molecule has 2 aliphatic heterocycles. The number of carbonyl (C=O) groups excluding carboxylic acids is 1. The van der Waals surface area contributed by atoms with Gasteiger partial charge in [-0.15, -0.1) is 0 Å². The van der Waals surface area contributed by atoms with E-state index < -0.39 is 5.97 Å². The van der Waals surface area contributed by atoms with Crippen molar-refractivity contribution in [2.75, 3.05) is 6.61 Å². The molecule has 6 fully saturated rings. The van der Waals surface area contributed by atoms with Gasteiger partial charge in [0.1, 0.15) is 0 Å². The van der Waals surface area contributed by atoms with Crippen molar-refractivity contribution in [1.82, 2.24) is 0 Å². The second kappa shape index (κ2) is 8.73. The minimum atomic E-state index is -1.08. The Balaban J connectivity index is 0.000000560. The Morgan fingerprint density at radius 2 is 1.65 bits per heavy atom. The number of carboxylic acids is 1. The summed E-state index contributed by atoms with van der Waals surface area (Å²) >= 11 is 0. The van der Waals surface area contributed by atoms with Gasteiger partial charge in [-0.3, -0.25) is 0 Å². The summed E-state index contributed by atoms with van der Waals surface area (Å²) in [5, 5.41) is 19.2. The van der Waals surface area contributed by atoms with Crippen LogP contribution in [0.3, 0.4) is 0 Å². The first-order chi connectivity index (χ1) is 16.0. The molecule has 34 heavy (non-hydrogen) atoms.